The number of ketones is 2. The number of carbonyl (C=O) groups excluding carboxylic acids is 2. The van der Waals surface area contributed by atoms with Crippen LogP contribution in [0.1, 0.15) is 41.5 Å². The molecule has 4 rings (SSSR count). The van der Waals surface area contributed by atoms with Crippen molar-refractivity contribution in [3.05, 3.63) is 23.8 Å². The van der Waals surface area contributed by atoms with Crippen LogP contribution in [0, 0.1) is 34.0 Å². The number of hydrogen-bond donors (Lipinski definition) is 0. The second-order valence-electron chi connectivity index (χ2n) is 8.63. The van der Waals surface area contributed by atoms with Crippen molar-refractivity contribution in [3.8, 4) is 0 Å². The van der Waals surface area contributed by atoms with Crippen LogP contribution in [0.25, 0.3) is 0 Å². The normalized spacial score (nSPS) is 39.5. The fraction of sp³-hybridized carbons (Fsp3) is 0.667. The molecule has 4 aliphatic rings. The van der Waals surface area contributed by atoms with Crippen LogP contribution in [0.3, 0.4) is 0 Å². The average Bonchev–Trinajstić information content (AvgIpc) is 2.22. The van der Waals surface area contributed by atoms with E-state index in [1.807, 2.05) is 0 Å². The minimum atomic E-state index is -0.638. The molecule has 0 unspecified atom stereocenters. The van der Waals surface area contributed by atoms with E-state index in [0.29, 0.717) is 0 Å². The molecule has 0 saturated heterocycles. The summed E-state index contributed by atoms with van der Waals surface area (Å²) in [5, 5.41) is 0. The number of allylic oxidation sites excluding steroid dienone is 4. The predicted octanol–water partition coefficient (Wildman–Crippen LogP) is 3.58. The quantitative estimate of drug-likeness (QED) is 0.499. The van der Waals surface area contributed by atoms with Crippen LogP contribution in [-0.2, 0) is 9.59 Å². The molecule has 20 heavy (non-hydrogen) atoms. The molecule has 0 aromatic carbocycles. The van der Waals surface area contributed by atoms with Crippen molar-refractivity contribution >= 4 is 11.6 Å². The van der Waals surface area contributed by atoms with Crippen LogP contribution >= 0.6 is 0 Å². The molecular formula is C18H24O2. The first-order chi connectivity index (χ1) is 9.02. The van der Waals surface area contributed by atoms with Gasteiger partial charge in [0.2, 0.25) is 11.6 Å². The molecule has 108 valence electrons. The second kappa shape index (κ2) is 3.52. The smallest absolute Gasteiger partial charge is 0.210 e. The number of rotatable bonds is 0. The van der Waals surface area contributed by atoms with E-state index >= 15 is 0 Å². The maximum atomic E-state index is 12.8. The zero-order chi connectivity index (χ0) is 15.1. The summed E-state index contributed by atoms with van der Waals surface area (Å²) in [6, 6.07) is 0. The Morgan fingerprint density at radius 2 is 1.60 bits per heavy atom. The maximum Gasteiger partial charge on any atom is 0.210 e. The Morgan fingerprint density at radius 1 is 1.00 bits per heavy atom. The van der Waals surface area contributed by atoms with E-state index in [0.717, 1.165) is 0 Å². The van der Waals surface area contributed by atoms with Gasteiger partial charge in [-0.3, -0.25) is 9.59 Å². The van der Waals surface area contributed by atoms with E-state index in [4.69, 9.17) is 0 Å². The fourth-order valence-electron chi connectivity index (χ4n) is 4.38. The largest absolute Gasteiger partial charge is 0.290 e. The minimum absolute atomic E-state index is 0.0636. The van der Waals surface area contributed by atoms with Gasteiger partial charge in [0.15, 0.2) is 0 Å². The Hall–Kier alpha value is -1.18. The van der Waals surface area contributed by atoms with Crippen molar-refractivity contribution in [2.45, 2.75) is 41.5 Å². The summed E-state index contributed by atoms with van der Waals surface area (Å²) in [4.78, 5) is 25.5. The summed E-state index contributed by atoms with van der Waals surface area (Å²) in [7, 11) is 0. The molecule has 1 fully saturated rings. The van der Waals surface area contributed by atoms with E-state index in [9.17, 15) is 9.59 Å². The van der Waals surface area contributed by atoms with Crippen molar-refractivity contribution in [2.75, 3.05) is 0 Å². The summed E-state index contributed by atoms with van der Waals surface area (Å²) in [5.41, 5.74) is 0.227. The van der Waals surface area contributed by atoms with Crippen LogP contribution in [0.5, 0.6) is 0 Å². The predicted molar refractivity (Wildman–Crippen MR) is 79.1 cm³/mol. The highest BCUT2D eigenvalue weighted by Gasteiger charge is 2.67. The molecule has 0 N–H and O–H groups in total. The van der Waals surface area contributed by atoms with E-state index in [1.54, 1.807) is 0 Å². The molecule has 2 heteroatoms. The molecule has 2 bridgehead atoms. The highest BCUT2D eigenvalue weighted by molar-refractivity contribution is 6.43. The van der Waals surface area contributed by atoms with E-state index in [1.165, 1.54) is 5.57 Å². The van der Waals surface area contributed by atoms with Gasteiger partial charge in [0.05, 0.1) is 11.3 Å². The van der Waals surface area contributed by atoms with Gasteiger partial charge >= 0.3 is 0 Å². The molecule has 2 nitrogen and oxygen atoms in total. The van der Waals surface area contributed by atoms with Crippen molar-refractivity contribution in [1.82, 2.24) is 0 Å². The van der Waals surface area contributed by atoms with Crippen LogP contribution in [0.4, 0.5) is 0 Å². The van der Waals surface area contributed by atoms with Gasteiger partial charge in [0, 0.05) is 5.92 Å². The molecule has 0 aromatic heterocycles. The van der Waals surface area contributed by atoms with Gasteiger partial charge in [0.1, 0.15) is 0 Å². The average molecular weight is 272 g/mol. The van der Waals surface area contributed by atoms with Crippen molar-refractivity contribution < 1.29 is 9.59 Å². The molecule has 0 aromatic rings. The van der Waals surface area contributed by atoms with E-state index < -0.39 is 5.41 Å². The summed E-state index contributed by atoms with van der Waals surface area (Å²) >= 11 is 0. The molecular weight excluding hydrogens is 248 g/mol. The molecule has 0 aliphatic heterocycles. The van der Waals surface area contributed by atoms with Gasteiger partial charge in [0.25, 0.3) is 0 Å². The SMILES string of the molecule is CC(C)(C)C1=C[C@@]2(C(C)(C)C)C(=O)C(=O)[C@H]1[C@H]1C=C[C@H]12. The van der Waals surface area contributed by atoms with E-state index in [-0.39, 0.29) is 40.2 Å². The standard InChI is InChI=1S/C18H24O2/c1-16(2,3)12-9-18(17(4,5)6)11-8-7-10(11)13(12)14(19)15(18)20/h7-11,13H,1-6H3/t10-,11+,13-,18-/m0/s1. The van der Waals surface area contributed by atoms with Crippen molar-refractivity contribution in [3.63, 3.8) is 0 Å². The van der Waals surface area contributed by atoms with Crippen LogP contribution in [0.15, 0.2) is 23.8 Å². The van der Waals surface area contributed by atoms with Gasteiger partial charge in [-0.05, 0) is 16.7 Å². The molecule has 4 atom stereocenters. The molecule has 0 amide bonds. The van der Waals surface area contributed by atoms with Gasteiger partial charge in [-0.2, -0.15) is 0 Å². The maximum absolute atomic E-state index is 12.8. The first kappa shape index (κ1) is 13.8. The highest BCUT2D eigenvalue weighted by atomic mass is 16.2. The number of Topliss-reactive ketones (excluding diaryl/α,β-unsaturated/α-hetero) is 2. The lowest BCUT2D eigenvalue weighted by atomic mass is 9.40. The number of fused-ring (bicyclic) bond motifs is 1. The first-order valence-electron chi connectivity index (χ1n) is 7.52. The third kappa shape index (κ3) is 1.35. The van der Waals surface area contributed by atoms with Crippen molar-refractivity contribution in [1.29, 1.82) is 0 Å². The summed E-state index contributed by atoms with van der Waals surface area (Å²) in [6.45, 7) is 12.7. The summed E-state index contributed by atoms with van der Waals surface area (Å²) in [6.07, 6.45) is 6.45. The summed E-state index contributed by atoms with van der Waals surface area (Å²) in [5.74, 6) is -0.0734. The third-order valence-corrected chi connectivity index (χ3v) is 5.57. The zero-order valence-corrected chi connectivity index (χ0v) is 13.3. The van der Waals surface area contributed by atoms with Crippen LogP contribution in [-0.4, -0.2) is 11.6 Å². The highest BCUT2D eigenvalue weighted by Crippen LogP contribution is 2.65. The third-order valence-electron chi connectivity index (χ3n) is 5.57. The van der Waals surface area contributed by atoms with Crippen LogP contribution < -0.4 is 0 Å². The van der Waals surface area contributed by atoms with E-state index in [2.05, 4.69) is 59.8 Å². The van der Waals surface area contributed by atoms with Gasteiger partial charge < -0.3 is 0 Å². The molecule has 0 radical (unpaired) electrons. The Bertz CT molecular complexity index is 565. The molecule has 1 saturated carbocycles. The lowest BCUT2D eigenvalue weighted by Gasteiger charge is -2.61. The Labute approximate surface area is 121 Å². The van der Waals surface area contributed by atoms with Crippen LogP contribution in [0.2, 0.25) is 0 Å². The van der Waals surface area contributed by atoms with Crippen molar-refractivity contribution in [2.24, 2.45) is 34.0 Å². The van der Waals surface area contributed by atoms with Gasteiger partial charge in [-0.1, -0.05) is 65.3 Å². The number of hydrogen-bond acceptors (Lipinski definition) is 2. The Balaban J connectivity index is 2.30. The number of carbonyl (C=O) groups is 2. The Morgan fingerprint density at radius 3 is 2.00 bits per heavy atom. The lowest BCUT2D eigenvalue weighted by molar-refractivity contribution is -0.158. The molecule has 0 spiro atoms. The van der Waals surface area contributed by atoms with Gasteiger partial charge in [-0.15, -0.1) is 0 Å². The van der Waals surface area contributed by atoms with Gasteiger partial charge in [-0.25, -0.2) is 0 Å². The first-order valence-corrected chi connectivity index (χ1v) is 7.52. The second-order valence-corrected chi connectivity index (χ2v) is 8.63. The monoisotopic (exact) mass is 272 g/mol. The Kier molecular flexibility index (Phi) is 2.43. The lowest BCUT2D eigenvalue weighted by Crippen LogP contribution is -2.65. The molecule has 0 heterocycles. The minimum Gasteiger partial charge on any atom is -0.290 e. The summed E-state index contributed by atoms with van der Waals surface area (Å²) < 4.78 is 0. The zero-order valence-electron chi connectivity index (χ0n) is 13.3. The topological polar surface area (TPSA) is 34.1 Å². The fourth-order valence-corrected chi connectivity index (χ4v) is 4.38. The molecule has 4 aliphatic carbocycles.